The second-order valence-electron chi connectivity index (χ2n) is 8.19. The van der Waals surface area contributed by atoms with Crippen LogP contribution in [-0.2, 0) is 28.6 Å². The lowest BCUT2D eigenvalue weighted by molar-refractivity contribution is -0.167. The molecule has 0 saturated carbocycles. The maximum Gasteiger partial charge on any atom is 0.306 e. The van der Waals surface area contributed by atoms with E-state index in [-0.39, 0.29) is 19.3 Å². The lowest BCUT2D eigenvalue weighted by Crippen LogP contribution is -2.30. The van der Waals surface area contributed by atoms with Gasteiger partial charge in [-0.3, -0.25) is 14.4 Å². The predicted molar refractivity (Wildman–Crippen MR) is 132 cm³/mol. The molecule has 0 atom stereocenters. The Labute approximate surface area is 210 Å². The van der Waals surface area contributed by atoms with Gasteiger partial charge in [-0.05, 0) is 19.3 Å². The Balaban J connectivity index is 5.26. The van der Waals surface area contributed by atoms with Crippen LogP contribution < -0.4 is 0 Å². The highest BCUT2D eigenvalue weighted by Gasteiger charge is 2.19. The third kappa shape index (κ3) is 22.0. The summed E-state index contributed by atoms with van der Waals surface area (Å²) in [5, 5.41) is 0. The molecule has 0 aromatic rings. The van der Waals surface area contributed by atoms with Crippen LogP contribution in [0.1, 0.15) is 144 Å². The molecular weight excluding hydrogens is 420 g/mol. The van der Waals surface area contributed by atoms with Crippen LogP contribution in [0.4, 0.5) is 0 Å². The minimum atomic E-state index is -2.32. The number of unbranched alkanes of at least 4 members (excludes halogenated alkanes) is 9. The first-order chi connectivity index (χ1) is 18.2. The quantitative estimate of drug-likeness (QED) is 0.0891. The minimum Gasteiger partial charge on any atom is -0.462 e. The first-order valence-corrected chi connectivity index (χ1v) is 12.8. The van der Waals surface area contributed by atoms with Crippen molar-refractivity contribution in [3.8, 4) is 0 Å². The molecular formula is C27H50O6. The van der Waals surface area contributed by atoms with Crippen molar-refractivity contribution in [1.29, 1.82) is 0 Å². The van der Waals surface area contributed by atoms with Crippen molar-refractivity contribution in [3.05, 3.63) is 0 Å². The van der Waals surface area contributed by atoms with E-state index >= 15 is 0 Å². The van der Waals surface area contributed by atoms with Gasteiger partial charge in [-0.15, -0.1) is 0 Å². The molecule has 0 amide bonds. The van der Waals surface area contributed by atoms with Gasteiger partial charge in [0.2, 0.25) is 0 Å². The Morgan fingerprint density at radius 3 is 1.24 bits per heavy atom. The van der Waals surface area contributed by atoms with E-state index in [1.54, 1.807) is 0 Å². The van der Waals surface area contributed by atoms with Crippen LogP contribution in [-0.4, -0.2) is 37.2 Å². The van der Waals surface area contributed by atoms with Crippen molar-refractivity contribution >= 4 is 17.9 Å². The largest absolute Gasteiger partial charge is 0.462 e. The van der Waals surface area contributed by atoms with E-state index in [4.69, 9.17) is 22.4 Å². The van der Waals surface area contributed by atoms with Crippen LogP contribution in [0.25, 0.3) is 0 Å². The van der Waals surface area contributed by atoms with Crippen LogP contribution in [0.5, 0.6) is 0 Å². The average Bonchev–Trinajstić information content (AvgIpc) is 2.88. The molecule has 0 heterocycles. The summed E-state index contributed by atoms with van der Waals surface area (Å²) in [5.74, 6) is -3.51. The van der Waals surface area contributed by atoms with Crippen LogP contribution >= 0.6 is 0 Å². The summed E-state index contributed by atoms with van der Waals surface area (Å²) in [5.41, 5.74) is 0. The van der Waals surface area contributed by atoms with Crippen LogP contribution in [0, 0.1) is 0 Å². The first-order valence-electron chi connectivity index (χ1n) is 15.8. The highest BCUT2D eigenvalue weighted by molar-refractivity contribution is 5.71. The van der Waals surface area contributed by atoms with Crippen molar-refractivity contribution in [2.75, 3.05) is 13.2 Å². The van der Waals surface area contributed by atoms with Crippen molar-refractivity contribution in [1.82, 2.24) is 0 Å². The fraction of sp³-hybridized carbons (Fsp3) is 0.889. The summed E-state index contributed by atoms with van der Waals surface area (Å²) in [6.07, 6.45) is 0.971. The number of carbonyl (C=O) groups is 3. The summed E-state index contributed by atoms with van der Waals surface area (Å²) in [4.78, 5) is 37.4. The predicted octanol–water partition coefficient (Wildman–Crippen LogP) is 7.07. The Morgan fingerprint density at radius 1 is 0.545 bits per heavy atom. The molecule has 0 aliphatic rings. The molecule has 6 nitrogen and oxygen atoms in total. The molecule has 0 aliphatic carbocycles. The third-order valence-electron chi connectivity index (χ3n) is 4.97. The second kappa shape index (κ2) is 23.6. The van der Waals surface area contributed by atoms with E-state index < -0.39 is 56.3 Å². The van der Waals surface area contributed by atoms with Crippen molar-refractivity contribution in [2.24, 2.45) is 0 Å². The molecule has 0 bridgehead atoms. The van der Waals surface area contributed by atoms with E-state index in [0.29, 0.717) is 19.3 Å². The standard InChI is InChI=1S/C27H50O6/c1-4-7-10-13-16-19-25(28)31-22-24(33-27(30)21-18-15-12-9-6-3)23-32-26(29)20-17-14-11-8-5-2/h24H,4-23H2,1-3H3/i19D2,20D2,21D2. The Morgan fingerprint density at radius 2 is 0.879 bits per heavy atom. The molecule has 0 radical (unpaired) electrons. The molecule has 194 valence electrons. The summed E-state index contributed by atoms with van der Waals surface area (Å²) in [6.45, 7) is 4.73. The average molecular weight is 477 g/mol. The Bertz CT molecular complexity index is 677. The lowest BCUT2D eigenvalue weighted by atomic mass is 10.1. The zero-order valence-corrected chi connectivity index (χ0v) is 21.0. The number of esters is 3. The normalized spacial score (nSPS) is 14.9. The fourth-order valence-corrected chi connectivity index (χ4v) is 2.98. The summed E-state index contributed by atoms with van der Waals surface area (Å²) < 4.78 is 63.5. The number of rotatable bonds is 23. The van der Waals surface area contributed by atoms with Gasteiger partial charge >= 0.3 is 17.9 Å². The monoisotopic (exact) mass is 476 g/mol. The van der Waals surface area contributed by atoms with E-state index in [0.717, 1.165) is 57.8 Å². The molecule has 0 aliphatic heterocycles. The van der Waals surface area contributed by atoms with Gasteiger partial charge in [0, 0.05) is 27.3 Å². The molecule has 6 heteroatoms. The number of hydrogen-bond acceptors (Lipinski definition) is 6. The summed E-state index contributed by atoms with van der Waals surface area (Å²) >= 11 is 0. The van der Waals surface area contributed by atoms with Gasteiger partial charge in [0.25, 0.3) is 0 Å². The van der Waals surface area contributed by atoms with Crippen LogP contribution in [0.2, 0.25) is 0 Å². The molecule has 0 unspecified atom stereocenters. The second-order valence-corrected chi connectivity index (χ2v) is 8.19. The molecule has 0 rings (SSSR count). The smallest absolute Gasteiger partial charge is 0.306 e. The zero-order valence-electron chi connectivity index (χ0n) is 27.0. The molecule has 0 fully saturated rings. The molecule has 0 spiro atoms. The molecule has 0 aromatic carbocycles. The van der Waals surface area contributed by atoms with Gasteiger partial charge < -0.3 is 14.2 Å². The van der Waals surface area contributed by atoms with Crippen molar-refractivity contribution in [3.63, 3.8) is 0 Å². The maximum atomic E-state index is 12.6. The first kappa shape index (κ1) is 21.9. The zero-order chi connectivity index (χ0) is 30.0. The molecule has 33 heavy (non-hydrogen) atoms. The topological polar surface area (TPSA) is 78.9 Å². The molecule has 0 saturated heterocycles. The number of ether oxygens (including phenoxy) is 3. The SMILES string of the molecule is [2H]C([2H])(CCCCCC)C(=O)OCC(COC(=O)C([2H])([2H])CCCCCC)OC(=O)C([2H])([2H])CCCCCC. The van der Waals surface area contributed by atoms with Crippen molar-refractivity contribution < 1.29 is 36.8 Å². The lowest BCUT2D eigenvalue weighted by Gasteiger charge is -2.18. The van der Waals surface area contributed by atoms with Gasteiger partial charge in [-0.2, -0.15) is 0 Å². The van der Waals surface area contributed by atoms with Crippen LogP contribution in [0.15, 0.2) is 0 Å². The van der Waals surface area contributed by atoms with Gasteiger partial charge in [0.05, 0.1) is 0 Å². The summed E-state index contributed by atoms with van der Waals surface area (Å²) in [7, 11) is 0. The van der Waals surface area contributed by atoms with Gasteiger partial charge in [0.1, 0.15) is 13.2 Å². The molecule has 0 aromatic heterocycles. The fourth-order valence-electron chi connectivity index (χ4n) is 2.98. The van der Waals surface area contributed by atoms with E-state index in [2.05, 4.69) is 0 Å². The minimum absolute atomic E-state index is 0.0379. The van der Waals surface area contributed by atoms with E-state index in [1.165, 1.54) is 0 Å². The Hall–Kier alpha value is -1.59. The van der Waals surface area contributed by atoms with Crippen molar-refractivity contribution in [2.45, 2.75) is 142 Å². The Kier molecular flexibility index (Phi) is 15.6. The summed E-state index contributed by atoms with van der Waals surface area (Å²) in [6, 6.07) is 0. The van der Waals surface area contributed by atoms with E-state index in [9.17, 15) is 14.4 Å². The highest BCUT2D eigenvalue weighted by Crippen LogP contribution is 2.10. The van der Waals surface area contributed by atoms with Gasteiger partial charge in [0.15, 0.2) is 6.10 Å². The van der Waals surface area contributed by atoms with Crippen LogP contribution in [0.3, 0.4) is 0 Å². The van der Waals surface area contributed by atoms with Gasteiger partial charge in [-0.1, -0.05) is 97.8 Å². The third-order valence-corrected chi connectivity index (χ3v) is 4.97. The maximum absolute atomic E-state index is 12.6. The van der Waals surface area contributed by atoms with E-state index in [1.807, 2.05) is 20.8 Å². The molecule has 0 N–H and O–H groups in total. The number of hydrogen-bond donors (Lipinski definition) is 0. The number of carbonyl (C=O) groups excluding carboxylic acids is 3. The van der Waals surface area contributed by atoms with Gasteiger partial charge in [-0.25, -0.2) is 0 Å². The highest BCUT2D eigenvalue weighted by atomic mass is 16.6.